The molecule has 1 saturated heterocycles. The number of fused-ring (bicyclic) bond motifs is 1. The summed E-state index contributed by atoms with van der Waals surface area (Å²) < 4.78 is 17.1. The van der Waals surface area contributed by atoms with Crippen LogP contribution in [0.5, 0.6) is 0 Å². The third kappa shape index (κ3) is 6.70. The first-order valence-electron chi connectivity index (χ1n) is 14.6. The highest BCUT2D eigenvalue weighted by molar-refractivity contribution is 8.00. The molecule has 0 aliphatic carbocycles. The number of thioether (sulfide) groups is 1. The van der Waals surface area contributed by atoms with Gasteiger partial charge in [0.25, 0.3) is 17.4 Å². The summed E-state index contributed by atoms with van der Waals surface area (Å²) in [6, 6.07) is 18.1. The molecule has 3 N–H and O–H groups in total. The number of ether oxygens (including phenoxy) is 2. The molecule has 0 bridgehead atoms. The van der Waals surface area contributed by atoms with E-state index in [9.17, 15) is 24.0 Å². The Morgan fingerprint density at radius 1 is 1.06 bits per heavy atom. The van der Waals surface area contributed by atoms with Crippen LogP contribution in [0.2, 0.25) is 0 Å². The molecule has 2 atom stereocenters. The van der Waals surface area contributed by atoms with E-state index in [0.717, 1.165) is 29.3 Å². The number of nitrogen functional groups attached to an aromatic ring is 1. The molecule has 2 aliphatic rings. The Labute approximate surface area is 286 Å². The highest BCUT2D eigenvalue weighted by atomic mass is 32.2. The Kier molecular flexibility index (Phi) is 9.63. The number of anilines is 1. The van der Waals surface area contributed by atoms with Crippen LogP contribution in [0.4, 0.5) is 5.13 Å². The van der Waals surface area contributed by atoms with Gasteiger partial charge in [-0.25, -0.2) is 14.6 Å². The lowest BCUT2D eigenvalue weighted by Gasteiger charge is -2.49. The second kappa shape index (κ2) is 14.2. The predicted octanol–water partition coefficient (Wildman–Crippen LogP) is 2.30. The van der Waals surface area contributed by atoms with E-state index in [1.54, 1.807) is 0 Å². The predicted molar refractivity (Wildman–Crippen MR) is 177 cm³/mol. The maximum atomic E-state index is 14.2. The summed E-state index contributed by atoms with van der Waals surface area (Å²) in [6.45, 7) is -0.280. The van der Waals surface area contributed by atoms with Crippen LogP contribution in [0, 0.1) is 0 Å². The Morgan fingerprint density at radius 2 is 1.73 bits per heavy atom. The maximum Gasteiger partial charge on any atom is 0.376 e. The van der Waals surface area contributed by atoms with E-state index in [1.165, 1.54) is 29.2 Å². The van der Waals surface area contributed by atoms with Crippen molar-refractivity contribution in [3.8, 4) is 0 Å². The number of benzene rings is 2. The highest BCUT2D eigenvalue weighted by Crippen LogP contribution is 2.42. The molecule has 17 heteroatoms. The number of nitrogens with zero attached hydrogens (tertiary/aromatic N) is 4. The monoisotopic (exact) mass is 704 g/mol. The van der Waals surface area contributed by atoms with Gasteiger partial charge in [0.1, 0.15) is 29.9 Å². The minimum Gasteiger partial charge on any atom is -0.463 e. The number of esters is 2. The van der Waals surface area contributed by atoms with Crippen LogP contribution in [-0.4, -0.2) is 75.5 Å². The molecule has 49 heavy (non-hydrogen) atoms. The molecule has 2 amide bonds. The van der Waals surface area contributed by atoms with Crippen molar-refractivity contribution in [3.63, 3.8) is 0 Å². The summed E-state index contributed by atoms with van der Waals surface area (Å²) in [5.41, 5.74) is 6.61. The van der Waals surface area contributed by atoms with Crippen LogP contribution in [0.1, 0.15) is 33.5 Å². The van der Waals surface area contributed by atoms with Gasteiger partial charge in [0.2, 0.25) is 5.76 Å². The van der Waals surface area contributed by atoms with Gasteiger partial charge in [-0.3, -0.25) is 19.3 Å². The molecule has 0 saturated carbocycles. The largest absolute Gasteiger partial charge is 0.463 e. The fraction of sp³-hybridized carbons (Fsp3) is 0.219. The summed E-state index contributed by atoms with van der Waals surface area (Å²) in [5.74, 6) is -3.25. The van der Waals surface area contributed by atoms with Gasteiger partial charge in [-0.2, -0.15) is 4.74 Å². The van der Waals surface area contributed by atoms with Gasteiger partial charge in [-0.05, 0) is 16.7 Å². The van der Waals surface area contributed by atoms with E-state index >= 15 is 0 Å². The smallest absolute Gasteiger partial charge is 0.376 e. The molecular formula is C32H28N6O9S2. The highest BCUT2D eigenvalue weighted by Gasteiger charge is 2.55. The number of rotatable bonds is 11. The van der Waals surface area contributed by atoms with Crippen LogP contribution in [0.3, 0.4) is 0 Å². The van der Waals surface area contributed by atoms with Gasteiger partial charge < -0.3 is 29.9 Å². The SMILES string of the molecule is CO/N=C(\C(=O)NC1C(=O)N2C(C(=O)OC(c3ccccc3)c3ccccc3)=C(Cn3oc(C(=O)OC)cc3=O)CS[C@H]12)c1csc(N)n1. The van der Waals surface area contributed by atoms with E-state index < -0.39 is 46.8 Å². The molecular weight excluding hydrogens is 677 g/mol. The molecule has 4 heterocycles. The summed E-state index contributed by atoms with van der Waals surface area (Å²) in [7, 11) is 2.41. The number of methoxy groups -OCH3 is 1. The standard InChI is InChI=1S/C32H28N6O9S2/c1-44-30(42)21-13-22(39)37(47-21)14-19-15-48-29-24(35-27(40)23(36-45-2)20-16-49-32(33)34-20)28(41)38(29)25(19)31(43)46-26(17-9-5-3-6-10-17)18-11-7-4-8-12-18/h3-13,16,24,26,29H,14-15H2,1-2H3,(H2,33,34)(H,35,40)/b36-23-/t24?,29-/m1/s1. The number of carbonyl (C=O) groups excluding carboxylic acids is 4. The van der Waals surface area contributed by atoms with E-state index in [0.29, 0.717) is 16.7 Å². The van der Waals surface area contributed by atoms with Crippen LogP contribution in [-0.2, 0) is 35.2 Å². The number of carbonyl (C=O) groups is 4. The Hall–Kier alpha value is -5.68. The minimum atomic E-state index is -1.06. The number of thiazole rings is 1. The van der Waals surface area contributed by atoms with E-state index in [1.807, 2.05) is 60.7 Å². The van der Waals surface area contributed by atoms with Gasteiger partial charge in [0.15, 0.2) is 16.9 Å². The summed E-state index contributed by atoms with van der Waals surface area (Å²) in [4.78, 5) is 76.2. The number of aromatic nitrogens is 2. The molecule has 15 nitrogen and oxygen atoms in total. The first kappa shape index (κ1) is 33.2. The number of nitrogens with one attached hydrogen (secondary N) is 1. The summed E-state index contributed by atoms with van der Waals surface area (Å²) in [5, 5.41) is 7.45. The first-order chi connectivity index (χ1) is 23.7. The van der Waals surface area contributed by atoms with Crippen molar-refractivity contribution in [2.24, 2.45) is 5.16 Å². The molecule has 6 rings (SSSR count). The molecule has 2 aliphatic heterocycles. The Balaban J connectivity index is 1.33. The van der Waals surface area contributed by atoms with Gasteiger partial charge in [-0.1, -0.05) is 65.8 Å². The van der Waals surface area contributed by atoms with Gasteiger partial charge in [0.05, 0.1) is 19.7 Å². The fourth-order valence-electron chi connectivity index (χ4n) is 5.30. The zero-order valence-electron chi connectivity index (χ0n) is 25.9. The van der Waals surface area contributed by atoms with Crippen molar-refractivity contribution in [2.45, 2.75) is 24.1 Å². The number of nitrogens with two attached hydrogens (primary N) is 1. The Bertz CT molecular complexity index is 1980. The molecule has 1 fully saturated rings. The van der Waals surface area contributed by atoms with Crippen LogP contribution in [0.15, 0.2) is 97.9 Å². The fourth-order valence-corrected chi connectivity index (χ4v) is 7.18. The quantitative estimate of drug-likeness (QED) is 0.100. The normalized spacial score (nSPS) is 17.3. The molecule has 252 valence electrons. The van der Waals surface area contributed by atoms with Crippen molar-refractivity contribution in [1.29, 1.82) is 0 Å². The average molecular weight is 705 g/mol. The molecule has 0 radical (unpaired) electrons. The van der Waals surface area contributed by atoms with Crippen LogP contribution < -0.4 is 16.6 Å². The number of hydrogen-bond donors (Lipinski definition) is 2. The van der Waals surface area contributed by atoms with Gasteiger partial charge in [-0.15, -0.1) is 23.1 Å². The number of amides is 2. The second-order valence-corrected chi connectivity index (χ2v) is 12.6. The summed E-state index contributed by atoms with van der Waals surface area (Å²) >= 11 is 2.35. The van der Waals surface area contributed by atoms with E-state index in [2.05, 4.69) is 20.2 Å². The minimum absolute atomic E-state index is 0.114. The van der Waals surface area contributed by atoms with Gasteiger partial charge >= 0.3 is 11.9 Å². The Morgan fingerprint density at radius 3 is 2.33 bits per heavy atom. The van der Waals surface area contributed by atoms with E-state index in [4.69, 9.17) is 19.8 Å². The third-order valence-electron chi connectivity index (χ3n) is 7.55. The molecule has 4 aromatic rings. The lowest BCUT2D eigenvalue weighted by atomic mass is 10.0. The third-order valence-corrected chi connectivity index (χ3v) is 9.56. The zero-order chi connectivity index (χ0) is 34.7. The lowest BCUT2D eigenvalue weighted by molar-refractivity contribution is -0.154. The topological polar surface area (TPSA) is 198 Å². The summed E-state index contributed by atoms with van der Waals surface area (Å²) in [6.07, 6.45) is -0.848. The molecule has 0 spiro atoms. The lowest BCUT2D eigenvalue weighted by Crippen LogP contribution is -2.71. The van der Waals surface area contributed by atoms with Crippen molar-refractivity contribution in [1.82, 2.24) is 19.9 Å². The van der Waals surface area contributed by atoms with Gasteiger partial charge in [0, 0.05) is 11.1 Å². The van der Waals surface area contributed by atoms with Crippen molar-refractivity contribution in [3.05, 3.63) is 116 Å². The second-order valence-electron chi connectivity index (χ2n) is 10.6. The maximum absolute atomic E-state index is 14.2. The first-order valence-corrected chi connectivity index (χ1v) is 16.5. The van der Waals surface area contributed by atoms with Crippen LogP contribution >= 0.6 is 23.1 Å². The average Bonchev–Trinajstić information content (AvgIpc) is 3.72. The molecule has 1 unspecified atom stereocenters. The van der Waals surface area contributed by atoms with E-state index in [-0.39, 0.29) is 40.3 Å². The number of β-lactam (4-membered cyclic amide) rings is 1. The zero-order valence-corrected chi connectivity index (χ0v) is 27.6. The van der Waals surface area contributed by atoms with Crippen molar-refractivity contribution < 1.29 is 38.0 Å². The van der Waals surface area contributed by atoms with Crippen molar-refractivity contribution >= 4 is 57.7 Å². The van der Waals surface area contributed by atoms with Crippen molar-refractivity contribution in [2.75, 3.05) is 25.7 Å². The number of hydrogen-bond acceptors (Lipinski definition) is 14. The molecule has 2 aromatic heterocycles. The van der Waals surface area contributed by atoms with Crippen LogP contribution in [0.25, 0.3) is 0 Å². The number of oxime groups is 1. The molecule has 2 aromatic carbocycles.